The number of thiazole rings is 1. The molecule has 0 aromatic carbocycles. The first-order valence-corrected chi connectivity index (χ1v) is 8.50. The van der Waals surface area contributed by atoms with E-state index in [0.717, 1.165) is 45.4 Å². The average molecular weight is 309 g/mol. The van der Waals surface area contributed by atoms with E-state index in [2.05, 4.69) is 20.1 Å². The second-order valence-electron chi connectivity index (χ2n) is 5.94. The lowest BCUT2D eigenvalue weighted by Crippen LogP contribution is -2.46. The molecule has 1 unspecified atom stereocenters. The number of likely N-dealkylation sites (tertiary alicyclic amines) is 2. The zero-order chi connectivity index (χ0) is 14.7. The summed E-state index contributed by atoms with van der Waals surface area (Å²) in [6.45, 7) is 4.65. The summed E-state index contributed by atoms with van der Waals surface area (Å²) < 4.78 is 0. The number of carbonyl (C=O) groups excluding carboxylic acids is 1. The largest absolute Gasteiger partial charge is 0.328 e. The molecule has 3 rings (SSSR count). The average Bonchev–Trinajstić information content (AvgIpc) is 3.11. The zero-order valence-corrected chi connectivity index (χ0v) is 13.0. The molecule has 0 aliphatic carbocycles. The Morgan fingerprint density at radius 2 is 2.19 bits per heavy atom. The summed E-state index contributed by atoms with van der Waals surface area (Å²) in [5.74, 6) is 0.0336. The molecule has 1 amide bonds. The molecule has 2 saturated heterocycles. The highest BCUT2D eigenvalue weighted by Gasteiger charge is 2.30. The standard InChI is InChI=1S/C14H23N5OS/c15-11-1-6-19(7-2-11)12-3-5-18(9-12)10-13(20)17-14-16-4-8-21-14/h4,8,11-12H,1-3,5-7,9-10,15H2,(H,16,17,20). The van der Waals surface area contributed by atoms with E-state index in [9.17, 15) is 4.79 Å². The smallest absolute Gasteiger partial charge is 0.240 e. The van der Waals surface area contributed by atoms with E-state index in [1.165, 1.54) is 11.3 Å². The predicted molar refractivity (Wildman–Crippen MR) is 84.4 cm³/mol. The van der Waals surface area contributed by atoms with Crippen molar-refractivity contribution in [1.82, 2.24) is 14.8 Å². The monoisotopic (exact) mass is 309 g/mol. The van der Waals surface area contributed by atoms with Gasteiger partial charge in [0.25, 0.3) is 0 Å². The van der Waals surface area contributed by atoms with Gasteiger partial charge in [-0.1, -0.05) is 0 Å². The number of hydrogen-bond donors (Lipinski definition) is 2. The topological polar surface area (TPSA) is 74.5 Å². The number of nitrogens with zero attached hydrogens (tertiary/aromatic N) is 3. The van der Waals surface area contributed by atoms with Gasteiger partial charge in [-0.05, 0) is 32.4 Å². The SMILES string of the molecule is NC1CCN(C2CCN(CC(=O)Nc3nccs3)C2)CC1. The number of rotatable bonds is 4. The Labute approximate surface area is 129 Å². The molecule has 2 fully saturated rings. The molecule has 1 aromatic rings. The first-order valence-electron chi connectivity index (χ1n) is 7.62. The molecule has 0 spiro atoms. The Balaban J connectivity index is 1.43. The second-order valence-corrected chi connectivity index (χ2v) is 6.83. The molecule has 0 saturated carbocycles. The summed E-state index contributed by atoms with van der Waals surface area (Å²) >= 11 is 1.45. The lowest BCUT2D eigenvalue weighted by Gasteiger charge is -2.34. The molecule has 3 N–H and O–H groups in total. The molecule has 2 aliphatic rings. The Bertz CT molecular complexity index is 458. The molecule has 2 aliphatic heterocycles. The highest BCUT2D eigenvalue weighted by Crippen LogP contribution is 2.20. The van der Waals surface area contributed by atoms with Crippen molar-refractivity contribution in [2.24, 2.45) is 5.73 Å². The Morgan fingerprint density at radius 1 is 1.38 bits per heavy atom. The van der Waals surface area contributed by atoms with Crippen molar-refractivity contribution in [1.29, 1.82) is 0 Å². The van der Waals surface area contributed by atoms with Gasteiger partial charge in [0.15, 0.2) is 5.13 Å². The molecule has 0 bridgehead atoms. The summed E-state index contributed by atoms with van der Waals surface area (Å²) in [5.41, 5.74) is 5.96. The lowest BCUT2D eigenvalue weighted by atomic mass is 10.0. The molecule has 3 heterocycles. The summed E-state index contributed by atoms with van der Waals surface area (Å²) in [6.07, 6.45) is 5.05. The summed E-state index contributed by atoms with van der Waals surface area (Å²) in [4.78, 5) is 20.8. The Hall–Kier alpha value is -1.02. The van der Waals surface area contributed by atoms with Crippen molar-refractivity contribution in [2.75, 3.05) is 38.0 Å². The van der Waals surface area contributed by atoms with Crippen LogP contribution in [0.4, 0.5) is 5.13 Å². The van der Waals surface area contributed by atoms with Gasteiger partial charge in [0, 0.05) is 36.8 Å². The van der Waals surface area contributed by atoms with E-state index in [0.29, 0.717) is 23.8 Å². The van der Waals surface area contributed by atoms with Crippen molar-refractivity contribution in [2.45, 2.75) is 31.3 Å². The molecule has 6 nitrogen and oxygen atoms in total. The number of carbonyl (C=O) groups is 1. The molecule has 21 heavy (non-hydrogen) atoms. The summed E-state index contributed by atoms with van der Waals surface area (Å²) in [6, 6.07) is 0.966. The predicted octanol–water partition coefficient (Wildman–Crippen LogP) is 0.579. The van der Waals surface area contributed by atoms with Gasteiger partial charge < -0.3 is 11.1 Å². The highest BCUT2D eigenvalue weighted by molar-refractivity contribution is 7.13. The fourth-order valence-electron chi connectivity index (χ4n) is 3.19. The summed E-state index contributed by atoms with van der Waals surface area (Å²) in [5, 5.41) is 5.39. The van der Waals surface area contributed by atoms with Gasteiger partial charge in [0.2, 0.25) is 5.91 Å². The van der Waals surface area contributed by atoms with Crippen LogP contribution in [0.3, 0.4) is 0 Å². The number of nitrogens with one attached hydrogen (secondary N) is 1. The van der Waals surface area contributed by atoms with Crippen LogP contribution in [-0.2, 0) is 4.79 Å². The first-order chi connectivity index (χ1) is 10.2. The third kappa shape index (κ3) is 4.00. The third-order valence-corrected chi connectivity index (χ3v) is 5.07. The van der Waals surface area contributed by atoms with Crippen LogP contribution in [0.1, 0.15) is 19.3 Å². The molecule has 7 heteroatoms. The lowest BCUT2D eigenvalue weighted by molar-refractivity contribution is -0.117. The van der Waals surface area contributed by atoms with E-state index in [1.54, 1.807) is 6.20 Å². The van der Waals surface area contributed by atoms with Gasteiger partial charge in [0.05, 0.1) is 6.54 Å². The number of hydrogen-bond acceptors (Lipinski definition) is 6. The van der Waals surface area contributed by atoms with Crippen LogP contribution in [0.5, 0.6) is 0 Å². The Morgan fingerprint density at radius 3 is 2.90 bits per heavy atom. The van der Waals surface area contributed by atoms with Crippen LogP contribution in [0.25, 0.3) is 0 Å². The van der Waals surface area contributed by atoms with Crippen molar-refractivity contribution in [3.63, 3.8) is 0 Å². The van der Waals surface area contributed by atoms with Crippen molar-refractivity contribution >= 4 is 22.4 Å². The van der Waals surface area contributed by atoms with E-state index in [1.807, 2.05) is 5.38 Å². The normalized spacial score (nSPS) is 25.3. The summed E-state index contributed by atoms with van der Waals surface area (Å²) in [7, 11) is 0. The second kappa shape index (κ2) is 6.83. The van der Waals surface area contributed by atoms with E-state index < -0.39 is 0 Å². The Kier molecular flexibility index (Phi) is 4.84. The molecule has 1 atom stereocenters. The highest BCUT2D eigenvalue weighted by atomic mass is 32.1. The fourth-order valence-corrected chi connectivity index (χ4v) is 3.73. The first kappa shape index (κ1) is 14.9. The number of piperidine rings is 1. The van der Waals surface area contributed by atoms with Crippen LogP contribution in [0.2, 0.25) is 0 Å². The maximum atomic E-state index is 12.0. The van der Waals surface area contributed by atoms with Crippen molar-refractivity contribution in [3.8, 4) is 0 Å². The molecular weight excluding hydrogens is 286 g/mol. The molecule has 1 aromatic heterocycles. The quantitative estimate of drug-likeness (QED) is 0.851. The minimum Gasteiger partial charge on any atom is -0.328 e. The minimum absolute atomic E-state index is 0.0336. The number of anilines is 1. The van der Waals surface area contributed by atoms with E-state index in [-0.39, 0.29) is 5.91 Å². The van der Waals surface area contributed by atoms with Crippen LogP contribution >= 0.6 is 11.3 Å². The zero-order valence-electron chi connectivity index (χ0n) is 12.2. The van der Waals surface area contributed by atoms with Crippen LogP contribution in [0.15, 0.2) is 11.6 Å². The fraction of sp³-hybridized carbons (Fsp3) is 0.714. The maximum Gasteiger partial charge on any atom is 0.240 e. The molecular formula is C14H23N5OS. The third-order valence-electron chi connectivity index (χ3n) is 4.38. The van der Waals surface area contributed by atoms with Gasteiger partial charge in [-0.2, -0.15) is 0 Å². The number of aromatic nitrogens is 1. The van der Waals surface area contributed by atoms with Gasteiger partial charge in [-0.15, -0.1) is 11.3 Å². The van der Waals surface area contributed by atoms with Crippen LogP contribution in [0, 0.1) is 0 Å². The van der Waals surface area contributed by atoms with Gasteiger partial charge in [-0.25, -0.2) is 4.98 Å². The van der Waals surface area contributed by atoms with E-state index in [4.69, 9.17) is 5.73 Å². The number of nitrogens with two attached hydrogens (primary N) is 1. The van der Waals surface area contributed by atoms with Crippen molar-refractivity contribution in [3.05, 3.63) is 11.6 Å². The van der Waals surface area contributed by atoms with Crippen molar-refractivity contribution < 1.29 is 4.79 Å². The van der Waals surface area contributed by atoms with E-state index >= 15 is 0 Å². The molecule has 0 radical (unpaired) electrons. The number of amides is 1. The molecule has 116 valence electrons. The minimum atomic E-state index is 0.0336. The van der Waals surface area contributed by atoms with Crippen LogP contribution < -0.4 is 11.1 Å². The van der Waals surface area contributed by atoms with Gasteiger partial charge >= 0.3 is 0 Å². The maximum absolute atomic E-state index is 12.0. The van der Waals surface area contributed by atoms with Crippen LogP contribution in [-0.4, -0.2) is 65.5 Å². The van der Waals surface area contributed by atoms with Gasteiger partial charge in [-0.3, -0.25) is 14.6 Å². The van der Waals surface area contributed by atoms with Gasteiger partial charge in [0.1, 0.15) is 0 Å².